The molecule has 1 aliphatic carbocycles. The largest absolute Gasteiger partial charge is 0.303 e. The van der Waals surface area contributed by atoms with Gasteiger partial charge in [-0.05, 0) is 44.1 Å². The number of likely N-dealkylation sites (tertiary alicyclic amines) is 1. The van der Waals surface area contributed by atoms with Crippen molar-refractivity contribution in [1.82, 2.24) is 4.90 Å². The fraction of sp³-hybridized carbons (Fsp3) is 1.00. The van der Waals surface area contributed by atoms with Gasteiger partial charge in [0, 0.05) is 13.1 Å². The van der Waals surface area contributed by atoms with Gasteiger partial charge in [-0.2, -0.15) is 0 Å². The molecule has 1 heterocycles. The number of hydrogen-bond donors (Lipinski definition) is 0. The topological polar surface area (TPSA) is 3.24 Å². The minimum atomic E-state index is 1.00. The Bertz CT molecular complexity index is 172. The summed E-state index contributed by atoms with van der Waals surface area (Å²) in [5.41, 5.74) is 0. The lowest BCUT2D eigenvalue weighted by Crippen LogP contribution is -2.38. The van der Waals surface area contributed by atoms with Crippen LogP contribution < -0.4 is 0 Å². The zero-order chi connectivity index (χ0) is 10.5. The quantitative estimate of drug-likeness (QED) is 0.685. The van der Waals surface area contributed by atoms with Crippen molar-refractivity contribution in [3.05, 3.63) is 0 Å². The van der Waals surface area contributed by atoms with E-state index in [1.54, 1.807) is 0 Å². The second kappa shape index (κ2) is 5.89. The average molecular weight is 209 g/mol. The van der Waals surface area contributed by atoms with Gasteiger partial charge < -0.3 is 4.90 Å². The van der Waals surface area contributed by atoms with Crippen molar-refractivity contribution in [2.45, 2.75) is 58.3 Å². The van der Waals surface area contributed by atoms with Gasteiger partial charge in [-0.3, -0.25) is 0 Å². The van der Waals surface area contributed by atoms with Crippen LogP contribution in [0.25, 0.3) is 0 Å². The Balaban J connectivity index is 1.72. The summed E-state index contributed by atoms with van der Waals surface area (Å²) in [7, 11) is 0. The van der Waals surface area contributed by atoms with Crippen molar-refractivity contribution >= 4 is 0 Å². The summed E-state index contributed by atoms with van der Waals surface area (Å²) < 4.78 is 0. The van der Waals surface area contributed by atoms with E-state index in [2.05, 4.69) is 11.8 Å². The highest BCUT2D eigenvalue weighted by Crippen LogP contribution is 2.26. The van der Waals surface area contributed by atoms with E-state index in [4.69, 9.17) is 0 Å². The maximum absolute atomic E-state index is 2.76. The van der Waals surface area contributed by atoms with Gasteiger partial charge in [0.15, 0.2) is 0 Å². The third-order valence-electron chi connectivity index (χ3n) is 4.42. The summed E-state index contributed by atoms with van der Waals surface area (Å²) in [5, 5.41) is 0. The Kier molecular flexibility index (Phi) is 4.49. The normalized spacial score (nSPS) is 30.6. The molecule has 1 saturated heterocycles. The van der Waals surface area contributed by atoms with E-state index in [-0.39, 0.29) is 0 Å². The summed E-state index contributed by atoms with van der Waals surface area (Å²) in [6, 6.07) is 0. The predicted molar refractivity (Wildman–Crippen MR) is 66.0 cm³/mol. The van der Waals surface area contributed by atoms with Crippen LogP contribution >= 0.6 is 0 Å². The van der Waals surface area contributed by atoms with Crippen molar-refractivity contribution in [3.63, 3.8) is 0 Å². The fourth-order valence-electron chi connectivity index (χ4n) is 3.39. The van der Waals surface area contributed by atoms with E-state index < -0.39 is 0 Å². The molecule has 1 heteroatoms. The molecule has 1 aliphatic heterocycles. The number of nitrogens with zero attached hydrogens (tertiary/aromatic N) is 1. The van der Waals surface area contributed by atoms with Crippen LogP contribution in [0.3, 0.4) is 0 Å². The maximum atomic E-state index is 2.76. The van der Waals surface area contributed by atoms with Crippen LogP contribution in [0.5, 0.6) is 0 Å². The Morgan fingerprint density at radius 1 is 0.933 bits per heavy atom. The first kappa shape index (κ1) is 11.4. The summed E-state index contributed by atoms with van der Waals surface area (Å²) in [6.45, 7) is 6.55. The molecule has 88 valence electrons. The Labute approximate surface area is 95.2 Å². The van der Waals surface area contributed by atoms with Crippen LogP contribution in [-0.2, 0) is 0 Å². The van der Waals surface area contributed by atoms with Gasteiger partial charge in [-0.25, -0.2) is 0 Å². The fourth-order valence-corrected chi connectivity index (χ4v) is 3.39. The van der Waals surface area contributed by atoms with Crippen molar-refractivity contribution in [1.29, 1.82) is 0 Å². The van der Waals surface area contributed by atoms with Gasteiger partial charge in [0.2, 0.25) is 0 Å². The Hall–Kier alpha value is -0.0400. The van der Waals surface area contributed by atoms with Crippen LogP contribution in [0.1, 0.15) is 58.3 Å². The van der Waals surface area contributed by atoms with E-state index in [0.717, 1.165) is 11.8 Å². The molecule has 2 rings (SSSR count). The van der Waals surface area contributed by atoms with Crippen molar-refractivity contribution in [2.24, 2.45) is 11.8 Å². The Morgan fingerprint density at radius 2 is 1.67 bits per heavy atom. The van der Waals surface area contributed by atoms with Gasteiger partial charge >= 0.3 is 0 Å². The van der Waals surface area contributed by atoms with E-state index in [1.807, 2.05) is 0 Å². The predicted octanol–water partition coefficient (Wildman–Crippen LogP) is 3.69. The molecule has 2 fully saturated rings. The van der Waals surface area contributed by atoms with Gasteiger partial charge in [0.1, 0.15) is 0 Å². The zero-order valence-corrected chi connectivity index (χ0v) is 10.4. The molecule has 0 aromatic carbocycles. The molecule has 2 aliphatic rings. The van der Waals surface area contributed by atoms with Crippen LogP contribution in [0.2, 0.25) is 0 Å². The minimum Gasteiger partial charge on any atom is -0.303 e. The first-order valence-electron chi connectivity index (χ1n) is 7.11. The standard InChI is InChI=1S/C14H27N/c1-2-13-9-6-10-15(11-13)12-14-7-4-3-5-8-14/h13-14H,2-12H2,1H3. The summed E-state index contributed by atoms with van der Waals surface area (Å²) in [6.07, 6.45) is 11.8. The van der Waals surface area contributed by atoms with Crippen molar-refractivity contribution < 1.29 is 0 Å². The smallest absolute Gasteiger partial charge is 0.000977 e. The molecule has 15 heavy (non-hydrogen) atoms. The van der Waals surface area contributed by atoms with Crippen LogP contribution in [-0.4, -0.2) is 24.5 Å². The molecular formula is C14H27N. The SMILES string of the molecule is CCC1CCCN(CC2CCCCC2)C1. The number of hydrogen-bond acceptors (Lipinski definition) is 1. The number of rotatable bonds is 3. The van der Waals surface area contributed by atoms with Crippen LogP contribution in [0, 0.1) is 11.8 Å². The lowest BCUT2D eigenvalue weighted by atomic mass is 9.87. The van der Waals surface area contributed by atoms with Crippen LogP contribution in [0.15, 0.2) is 0 Å². The summed E-state index contributed by atoms with van der Waals surface area (Å²) in [5.74, 6) is 2.04. The van der Waals surface area contributed by atoms with E-state index in [1.165, 1.54) is 71.0 Å². The lowest BCUT2D eigenvalue weighted by molar-refractivity contribution is 0.136. The van der Waals surface area contributed by atoms with Gasteiger partial charge in [0.05, 0.1) is 0 Å². The van der Waals surface area contributed by atoms with Crippen molar-refractivity contribution in [3.8, 4) is 0 Å². The van der Waals surface area contributed by atoms with Gasteiger partial charge in [-0.1, -0.05) is 32.6 Å². The van der Waals surface area contributed by atoms with Gasteiger partial charge in [0.25, 0.3) is 0 Å². The first-order chi connectivity index (χ1) is 7.38. The minimum absolute atomic E-state index is 1.00. The molecule has 0 radical (unpaired) electrons. The molecule has 1 atom stereocenters. The number of piperidine rings is 1. The van der Waals surface area contributed by atoms with E-state index in [9.17, 15) is 0 Å². The Morgan fingerprint density at radius 3 is 2.40 bits per heavy atom. The second-order valence-corrected chi connectivity index (χ2v) is 5.68. The third kappa shape index (κ3) is 3.48. The molecule has 0 amide bonds. The molecule has 1 unspecified atom stereocenters. The monoisotopic (exact) mass is 209 g/mol. The highest BCUT2D eigenvalue weighted by molar-refractivity contribution is 4.76. The average Bonchev–Trinajstić information content (AvgIpc) is 2.31. The van der Waals surface area contributed by atoms with Crippen molar-refractivity contribution in [2.75, 3.05) is 19.6 Å². The van der Waals surface area contributed by atoms with E-state index >= 15 is 0 Å². The highest BCUT2D eigenvalue weighted by atomic mass is 15.1. The summed E-state index contributed by atoms with van der Waals surface area (Å²) >= 11 is 0. The molecule has 0 bridgehead atoms. The lowest BCUT2D eigenvalue weighted by Gasteiger charge is -2.35. The summed E-state index contributed by atoms with van der Waals surface area (Å²) in [4.78, 5) is 2.76. The molecule has 0 aromatic rings. The maximum Gasteiger partial charge on any atom is 0.000977 e. The first-order valence-corrected chi connectivity index (χ1v) is 7.11. The highest BCUT2D eigenvalue weighted by Gasteiger charge is 2.22. The molecule has 0 aromatic heterocycles. The zero-order valence-electron chi connectivity index (χ0n) is 10.4. The molecule has 0 spiro atoms. The third-order valence-corrected chi connectivity index (χ3v) is 4.42. The van der Waals surface area contributed by atoms with Crippen LogP contribution in [0.4, 0.5) is 0 Å². The molecule has 1 saturated carbocycles. The van der Waals surface area contributed by atoms with E-state index in [0.29, 0.717) is 0 Å². The molecule has 1 nitrogen and oxygen atoms in total. The molecular weight excluding hydrogens is 182 g/mol. The van der Waals surface area contributed by atoms with Gasteiger partial charge in [-0.15, -0.1) is 0 Å². The molecule has 0 N–H and O–H groups in total. The second-order valence-electron chi connectivity index (χ2n) is 5.68.